The van der Waals surface area contributed by atoms with Gasteiger partial charge in [-0.1, -0.05) is 6.07 Å². The Morgan fingerprint density at radius 1 is 1.05 bits per heavy atom. The number of urea groups is 1. The molecule has 0 atom stereocenters. The zero-order valence-corrected chi connectivity index (χ0v) is 22.8. The summed E-state index contributed by atoms with van der Waals surface area (Å²) >= 11 is 0. The predicted octanol–water partition coefficient (Wildman–Crippen LogP) is 5.44. The number of hydrogen-bond acceptors (Lipinski definition) is 7. The highest BCUT2D eigenvalue weighted by molar-refractivity contribution is 5.75. The number of nitrogens with one attached hydrogen (secondary N) is 2. The molecule has 2 heterocycles. The molecule has 2 N–H and O–H groups in total. The Bertz CT molecular complexity index is 1200. The first kappa shape index (κ1) is 29.2. The minimum atomic E-state index is -4.82. The van der Waals surface area contributed by atoms with Crippen molar-refractivity contribution in [3.63, 3.8) is 0 Å². The number of anilines is 2. The zero-order chi connectivity index (χ0) is 29.1. The molecule has 0 bridgehead atoms. The lowest BCUT2D eigenvalue weighted by Crippen LogP contribution is -2.55. The van der Waals surface area contributed by atoms with Crippen molar-refractivity contribution in [2.75, 3.05) is 36.4 Å². The number of piperazine rings is 1. The van der Waals surface area contributed by atoms with Gasteiger partial charge in [0.15, 0.2) is 0 Å². The molecule has 4 rings (SSSR count). The number of halogens is 3. The number of rotatable bonds is 6. The van der Waals surface area contributed by atoms with E-state index in [-0.39, 0.29) is 29.4 Å². The van der Waals surface area contributed by atoms with Crippen LogP contribution in [0.4, 0.5) is 35.2 Å². The van der Waals surface area contributed by atoms with Crippen molar-refractivity contribution < 1.29 is 27.6 Å². The van der Waals surface area contributed by atoms with E-state index in [4.69, 9.17) is 4.74 Å². The maximum Gasteiger partial charge on any atom is 0.423 e. The molecule has 10 nitrogen and oxygen atoms in total. The van der Waals surface area contributed by atoms with Gasteiger partial charge >= 0.3 is 12.2 Å². The second-order valence-corrected chi connectivity index (χ2v) is 11.2. The number of carbonyl (C=O) groups is 1. The van der Waals surface area contributed by atoms with Gasteiger partial charge in [0.25, 0.3) is 5.69 Å². The predicted molar refractivity (Wildman–Crippen MR) is 145 cm³/mol. The number of carbonyl (C=O) groups excluding carboxylic acids is 1. The summed E-state index contributed by atoms with van der Waals surface area (Å²) in [6.45, 7) is 8.34. The Balaban J connectivity index is 1.28. The molecule has 40 heavy (non-hydrogen) atoms. The highest BCUT2D eigenvalue weighted by atomic mass is 19.4. The van der Waals surface area contributed by atoms with Crippen LogP contribution < -0.4 is 20.3 Å². The second-order valence-electron chi connectivity index (χ2n) is 11.2. The van der Waals surface area contributed by atoms with Crippen LogP contribution in [0.1, 0.15) is 52.0 Å². The summed E-state index contributed by atoms with van der Waals surface area (Å²) in [5, 5.41) is 17.1. The highest BCUT2D eigenvalue weighted by Crippen LogP contribution is 2.38. The van der Waals surface area contributed by atoms with Crippen molar-refractivity contribution >= 4 is 23.2 Å². The lowest BCUT2D eigenvalue weighted by Gasteiger charge is -2.37. The molecular weight excluding hydrogens is 529 g/mol. The van der Waals surface area contributed by atoms with Crippen LogP contribution in [0.3, 0.4) is 0 Å². The van der Waals surface area contributed by atoms with Crippen molar-refractivity contribution in [1.29, 1.82) is 0 Å². The molecule has 2 aromatic rings. The van der Waals surface area contributed by atoms with Crippen molar-refractivity contribution in [1.82, 2.24) is 15.2 Å². The van der Waals surface area contributed by atoms with Gasteiger partial charge in [0.2, 0.25) is 5.88 Å². The van der Waals surface area contributed by atoms with E-state index in [0.29, 0.717) is 57.7 Å². The van der Waals surface area contributed by atoms with Gasteiger partial charge in [0, 0.05) is 55.6 Å². The van der Waals surface area contributed by atoms with E-state index in [1.807, 2.05) is 32.9 Å². The van der Waals surface area contributed by atoms with E-state index in [1.54, 1.807) is 11.0 Å². The summed E-state index contributed by atoms with van der Waals surface area (Å²) in [6.07, 6.45) is -2.19. The van der Waals surface area contributed by atoms with Crippen molar-refractivity contribution in [3.05, 3.63) is 52.1 Å². The van der Waals surface area contributed by atoms with Crippen LogP contribution in [0.5, 0.6) is 5.88 Å². The van der Waals surface area contributed by atoms with E-state index in [9.17, 15) is 28.1 Å². The number of nitrogens with zero attached hydrogens (tertiary/aromatic N) is 4. The number of nitro groups is 1. The molecule has 0 radical (unpaired) electrons. The normalized spacial score (nSPS) is 20.1. The van der Waals surface area contributed by atoms with E-state index >= 15 is 0 Å². The highest BCUT2D eigenvalue weighted by Gasteiger charge is 2.38. The molecule has 218 valence electrons. The standard InChI is InChI=1S/C27H35F3N6O4/c1-26(2,3)33-25(37)35-15-13-34(14-16-35)23-5-4-6-24(32-23)40-20-10-7-18(8-11-20)31-19-9-12-22(36(38)39)21(17-19)27(28,29)30/h4-6,9,12,17-18,20,31H,7-8,10-11,13-16H2,1-3H3,(H,33,37). The van der Waals surface area contributed by atoms with E-state index in [1.165, 1.54) is 6.07 Å². The summed E-state index contributed by atoms with van der Waals surface area (Å²) in [5.74, 6) is 1.29. The molecule has 1 saturated heterocycles. The van der Waals surface area contributed by atoms with Gasteiger partial charge in [0.1, 0.15) is 17.5 Å². The van der Waals surface area contributed by atoms with Crippen molar-refractivity contribution in [2.24, 2.45) is 0 Å². The number of amides is 2. The molecule has 0 unspecified atom stereocenters. The third-order valence-corrected chi connectivity index (χ3v) is 6.91. The lowest BCUT2D eigenvalue weighted by molar-refractivity contribution is -0.388. The number of hydrogen-bond donors (Lipinski definition) is 2. The quantitative estimate of drug-likeness (QED) is 0.355. The maximum atomic E-state index is 13.3. The largest absolute Gasteiger partial charge is 0.474 e. The minimum absolute atomic E-state index is 0.0725. The van der Waals surface area contributed by atoms with Gasteiger partial charge in [-0.3, -0.25) is 10.1 Å². The number of ether oxygens (including phenoxy) is 1. The number of benzene rings is 1. The molecule has 1 saturated carbocycles. The summed E-state index contributed by atoms with van der Waals surface area (Å²) in [7, 11) is 0. The van der Waals surface area contributed by atoms with Gasteiger partial charge < -0.3 is 25.2 Å². The molecule has 1 aliphatic heterocycles. The Hall–Kier alpha value is -3.77. The van der Waals surface area contributed by atoms with Crippen molar-refractivity contribution in [2.45, 2.75) is 70.3 Å². The summed E-state index contributed by atoms with van der Waals surface area (Å²) in [5.41, 5.74) is -2.32. The molecule has 1 aliphatic carbocycles. The van der Waals surface area contributed by atoms with Gasteiger partial charge in [-0.25, -0.2) is 4.79 Å². The molecule has 2 amide bonds. The monoisotopic (exact) mass is 564 g/mol. The smallest absolute Gasteiger partial charge is 0.423 e. The van der Waals surface area contributed by atoms with Crippen LogP contribution in [-0.4, -0.2) is 64.7 Å². The third kappa shape index (κ3) is 7.66. The zero-order valence-electron chi connectivity index (χ0n) is 22.8. The summed E-state index contributed by atoms with van der Waals surface area (Å²) in [4.78, 5) is 31.0. The summed E-state index contributed by atoms with van der Waals surface area (Å²) < 4.78 is 46.0. The lowest BCUT2D eigenvalue weighted by atomic mass is 9.92. The van der Waals surface area contributed by atoms with Crippen LogP contribution in [0.15, 0.2) is 36.4 Å². The minimum Gasteiger partial charge on any atom is -0.474 e. The Kier molecular flexibility index (Phi) is 8.59. The van der Waals surface area contributed by atoms with Crippen LogP contribution in [0.25, 0.3) is 0 Å². The Labute approximate surface area is 231 Å². The first-order valence-electron chi connectivity index (χ1n) is 13.4. The first-order chi connectivity index (χ1) is 18.8. The third-order valence-electron chi connectivity index (χ3n) is 6.91. The molecule has 2 aliphatic rings. The number of alkyl halides is 3. The van der Waals surface area contributed by atoms with E-state index in [2.05, 4.69) is 20.5 Å². The summed E-state index contributed by atoms with van der Waals surface area (Å²) in [6, 6.07) is 8.45. The Morgan fingerprint density at radius 3 is 2.33 bits per heavy atom. The second kappa shape index (κ2) is 11.8. The molecule has 0 spiro atoms. The fourth-order valence-corrected chi connectivity index (χ4v) is 4.93. The average molecular weight is 565 g/mol. The van der Waals surface area contributed by atoms with Gasteiger partial charge in [0.05, 0.1) is 4.92 Å². The number of nitro benzene ring substituents is 1. The van der Waals surface area contributed by atoms with Crippen LogP contribution in [0.2, 0.25) is 0 Å². The SMILES string of the molecule is CC(C)(C)NC(=O)N1CCN(c2cccc(OC3CCC(Nc4ccc([N+](=O)[O-])c(C(F)(F)F)c4)CC3)n2)CC1. The Morgan fingerprint density at radius 2 is 1.73 bits per heavy atom. The molecule has 1 aromatic carbocycles. The van der Waals surface area contributed by atoms with Crippen LogP contribution in [0, 0.1) is 10.1 Å². The van der Waals surface area contributed by atoms with Gasteiger partial charge in [-0.05, 0) is 64.7 Å². The van der Waals surface area contributed by atoms with Crippen molar-refractivity contribution in [3.8, 4) is 5.88 Å². The molecule has 2 fully saturated rings. The van der Waals surface area contributed by atoms with Gasteiger partial charge in [-0.15, -0.1) is 0 Å². The van der Waals surface area contributed by atoms with E-state index < -0.39 is 22.4 Å². The fraction of sp³-hybridized carbons (Fsp3) is 0.556. The van der Waals surface area contributed by atoms with Crippen LogP contribution >= 0.6 is 0 Å². The molecule has 1 aromatic heterocycles. The topological polar surface area (TPSA) is 113 Å². The number of pyridine rings is 1. The molecule has 13 heteroatoms. The molecular formula is C27H35F3N6O4. The number of aromatic nitrogens is 1. The average Bonchev–Trinajstić information content (AvgIpc) is 2.88. The fourth-order valence-electron chi connectivity index (χ4n) is 4.93. The first-order valence-corrected chi connectivity index (χ1v) is 13.4. The van der Waals surface area contributed by atoms with Gasteiger partial charge in [-0.2, -0.15) is 18.2 Å². The maximum absolute atomic E-state index is 13.3. The van der Waals surface area contributed by atoms with Crippen LogP contribution in [-0.2, 0) is 6.18 Å². The van der Waals surface area contributed by atoms with E-state index in [0.717, 1.165) is 18.0 Å².